The predicted molar refractivity (Wildman–Crippen MR) is 136 cm³/mol. The molecule has 10 heteroatoms. The fourth-order valence-corrected chi connectivity index (χ4v) is 4.98. The SMILES string of the molecule is C#Cc1c(F)ccc2cc(O)cc(N(C)/N=C\c3c(C=O)nc(OC)nc3N3CC4CCC(C3)N4)c12. The molecule has 2 bridgehead atoms. The van der Waals surface area contributed by atoms with E-state index in [2.05, 4.69) is 31.2 Å². The summed E-state index contributed by atoms with van der Waals surface area (Å²) in [7, 11) is 3.09. The van der Waals surface area contributed by atoms with Crippen molar-refractivity contribution < 1.29 is 19.0 Å². The van der Waals surface area contributed by atoms with E-state index in [0.717, 1.165) is 25.9 Å². The smallest absolute Gasteiger partial charge is 0.318 e. The zero-order valence-corrected chi connectivity index (χ0v) is 19.9. The number of anilines is 2. The Balaban J connectivity index is 1.59. The van der Waals surface area contributed by atoms with Crippen molar-refractivity contribution in [1.29, 1.82) is 0 Å². The van der Waals surface area contributed by atoms with Gasteiger partial charge in [0.05, 0.1) is 30.1 Å². The highest BCUT2D eigenvalue weighted by Gasteiger charge is 2.34. The van der Waals surface area contributed by atoms with Crippen LogP contribution in [-0.4, -0.2) is 66.9 Å². The van der Waals surface area contributed by atoms with E-state index in [-0.39, 0.29) is 23.0 Å². The van der Waals surface area contributed by atoms with Gasteiger partial charge in [-0.1, -0.05) is 12.0 Å². The molecule has 2 aromatic carbocycles. The average Bonchev–Trinajstić information content (AvgIpc) is 3.23. The van der Waals surface area contributed by atoms with Crippen molar-refractivity contribution in [3.8, 4) is 24.1 Å². The molecular weight excluding hydrogens is 463 g/mol. The fourth-order valence-electron chi connectivity index (χ4n) is 4.98. The van der Waals surface area contributed by atoms with E-state index in [4.69, 9.17) is 11.2 Å². The Morgan fingerprint density at radius 1 is 1.31 bits per heavy atom. The van der Waals surface area contributed by atoms with Crippen LogP contribution < -0.4 is 20.0 Å². The first-order chi connectivity index (χ1) is 17.4. The summed E-state index contributed by atoms with van der Waals surface area (Å²) in [5, 5.41) is 20.8. The molecule has 0 radical (unpaired) electrons. The molecule has 2 fully saturated rings. The molecule has 0 amide bonds. The van der Waals surface area contributed by atoms with Gasteiger partial charge in [-0.15, -0.1) is 6.42 Å². The number of carbonyl (C=O) groups is 1. The second kappa shape index (κ2) is 9.43. The summed E-state index contributed by atoms with van der Waals surface area (Å²) in [5.41, 5.74) is 1.04. The summed E-state index contributed by atoms with van der Waals surface area (Å²) < 4.78 is 19.7. The zero-order valence-electron chi connectivity index (χ0n) is 19.9. The number of aromatic nitrogens is 2. The number of halogens is 1. The number of terminal acetylenes is 1. The molecule has 2 atom stereocenters. The number of hydrazone groups is 1. The maximum atomic E-state index is 14.5. The van der Waals surface area contributed by atoms with Crippen LogP contribution in [0.2, 0.25) is 0 Å². The van der Waals surface area contributed by atoms with Crippen molar-refractivity contribution in [2.45, 2.75) is 24.9 Å². The highest BCUT2D eigenvalue weighted by Crippen LogP contribution is 2.35. The van der Waals surface area contributed by atoms with Gasteiger partial charge in [-0.2, -0.15) is 15.1 Å². The lowest BCUT2D eigenvalue weighted by Gasteiger charge is -2.34. The van der Waals surface area contributed by atoms with Gasteiger partial charge in [-0.25, -0.2) is 4.39 Å². The molecule has 0 spiro atoms. The molecule has 5 rings (SSSR count). The lowest BCUT2D eigenvalue weighted by atomic mass is 10.0. The number of hydrogen-bond acceptors (Lipinski definition) is 9. The summed E-state index contributed by atoms with van der Waals surface area (Å²) >= 11 is 0. The second-order valence-corrected chi connectivity index (χ2v) is 8.89. The first-order valence-corrected chi connectivity index (χ1v) is 11.5. The largest absolute Gasteiger partial charge is 0.508 e. The maximum Gasteiger partial charge on any atom is 0.318 e. The average molecular weight is 489 g/mol. The molecule has 2 aliphatic rings. The number of rotatable bonds is 6. The van der Waals surface area contributed by atoms with Crippen LogP contribution in [0.25, 0.3) is 10.8 Å². The number of piperazine rings is 1. The normalized spacial score (nSPS) is 19.0. The molecule has 2 unspecified atom stereocenters. The number of aldehydes is 1. The van der Waals surface area contributed by atoms with E-state index < -0.39 is 5.82 Å². The highest BCUT2D eigenvalue weighted by atomic mass is 19.1. The van der Waals surface area contributed by atoms with Gasteiger partial charge in [-0.3, -0.25) is 9.80 Å². The van der Waals surface area contributed by atoms with Gasteiger partial charge < -0.3 is 20.1 Å². The molecule has 0 aliphatic carbocycles. The van der Waals surface area contributed by atoms with E-state index in [1.54, 1.807) is 13.1 Å². The van der Waals surface area contributed by atoms with Crippen LogP contribution in [0.4, 0.5) is 15.9 Å². The van der Waals surface area contributed by atoms with Gasteiger partial charge in [-0.05, 0) is 30.4 Å². The number of ether oxygens (including phenoxy) is 1. The number of carbonyl (C=O) groups excluding carboxylic acids is 1. The van der Waals surface area contributed by atoms with Crippen LogP contribution in [0, 0.1) is 18.2 Å². The monoisotopic (exact) mass is 488 g/mol. The summed E-state index contributed by atoms with van der Waals surface area (Å²) in [6.45, 7) is 1.46. The van der Waals surface area contributed by atoms with Gasteiger partial charge in [0.1, 0.15) is 23.1 Å². The molecule has 2 saturated heterocycles. The lowest BCUT2D eigenvalue weighted by molar-refractivity contribution is 0.111. The number of nitrogens with one attached hydrogen (secondary N) is 1. The van der Waals surface area contributed by atoms with E-state index in [9.17, 15) is 14.3 Å². The Morgan fingerprint density at radius 2 is 2.06 bits per heavy atom. The molecule has 36 heavy (non-hydrogen) atoms. The number of phenolic OH excluding ortho intramolecular Hbond substituents is 1. The first kappa shape index (κ1) is 23.5. The molecule has 2 N–H and O–H groups in total. The Hall–Kier alpha value is -4.23. The first-order valence-electron chi connectivity index (χ1n) is 11.5. The van der Waals surface area contributed by atoms with Gasteiger partial charge in [0.15, 0.2) is 6.29 Å². The minimum absolute atomic E-state index is 0.0209. The van der Waals surface area contributed by atoms with Gasteiger partial charge in [0, 0.05) is 43.7 Å². The van der Waals surface area contributed by atoms with Crippen LogP contribution in [0.15, 0.2) is 29.4 Å². The van der Waals surface area contributed by atoms with Crippen LogP contribution in [0.3, 0.4) is 0 Å². The summed E-state index contributed by atoms with van der Waals surface area (Å²) in [6, 6.07) is 6.55. The number of hydrogen-bond donors (Lipinski definition) is 2. The van der Waals surface area contributed by atoms with Crippen molar-refractivity contribution in [1.82, 2.24) is 15.3 Å². The molecule has 3 heterocycles. The van der Waals surface area contributed by atoms with Crippen LogP contribution >= 0.6 is 0 Å². The number of nitrogens with zero attached hydrogens (tertiary/aromatic N) is 5. The Bertz CT molecular complexity index is 1410. The Morgan fingerprint density at radius 3 is 2.72 bits per heavy atom. The van der Waals surface area contributed by atoms with Crippen molar-refractivity contribution in [2.75, 3.05) is 37.2 Å². The number of aromatic hydroxyl groups is 1. The third kappa shape index (κ3) is 4.18. The number of phenols is 1. The van der Waals surface area contributed by atoms with Crippen molar-refractivity contribution >= 4 is 34.8 Å². The minimum atomic E-state index is -0.545. The molecule has 0 saturated carbocycles. The molecule has 2 aliphatic heterocycles. The number of benzene rings is 2. The summed E-state index contributed by atoms with van der Waals surface area (Å²) in [5.74, 6) is 2.38. The molecule has 3 aromatic rings. The highest BCUT2D eigenvalue weighted by molar-refractivity contribution is 6.01. The molecule has 184 valence electrons. The topological polar surface area (TPSA) is 103 Å². The summed E-state index contributed by atoms with van der Waals surface area (Å²) in [6.07, 6.45) is 9.89. The Labute approximate surface area is 207 Å². The van der Waals surface area contributed by atoms with Gasteiger partial charge in [0.25, 0.3) is 0 Å². The minimum Gasteiger partial charge on any atom is -0.508 e. The van der Waals surface area contributed by atoms with Crippen molar-refractivity contribution in [3.05, 3.63) is 46.9 Å². The fraction of sp³-hybridized carbons (Fsp3) is 0.308. The zero-order chi connectivity index (χ0) is 25.4. The van der Waals surface area contributed by atoms with Crippen molar-refractivity contribution in [2.24, 2.45) is 5.10 Å². The quantitative estimate of drug-likeness (QED) is 0.236. The van der Waals surface area contributed by atoms with E-state index in [1.807, 2.05) is 0 Å². The predicted octanol–water partition coefficient (Wildman–Crippen LogP) is 2.69. The van der Waals surface area contributed by atoms with Gasteiger partial charge >= 0.3 is 6.01 Å². The third-order valence-electron chi connectivity index (χ3n) is 6.63. The van der Waals surface area contributed by atoms with Crippen LogP contribution in [0.5, 0.6) is 11.8 Å². The van der Waals surface area contributed by atoms with E-state index in [0.29, 0.717) is 46.2 Å². The number of methoxy groups -OCH3 is 1. The number of fused-ring (bicyclic) bond motifs is 3. The van der Waals surface area contributed by atoms with Gasteiger partial charge in [0.2, 0.25) is 0 Å². The molecular formula is C26H25FN6O3. The third-order valence-corrected chi connectivity index (χ3v) is 6.63. The van der Waals surface area contributed by atoms with E-state index >= 15 is 0 Å². The molecule has 9 nitrogen and oxygen atoms in total. The van der Waals surface area contributed by atoms with E-state index in [1.165, 1.54) is 36.5 Å². The van der Waals surface area contributed by atoms with Crippen LogP contribution in [-0.2, 0) is 0 Å². The lowest BCUT2D eigenvalue weighted by Crippen LogP contribution is -2.51. The molecule has 1 aromatic heterocycles. The maximum absolute atomic E-state index is 14.5. The van der Waals surface area contributed by atoms with Crippen LogP contribution in [0.1, 0.15) is 34.5 Å². The second-order valence-electron chi connectivity index (χ2n) is 8.89. The Kier molecular flexibility index (Phi) is 6.16. The standard InChI is InChI=1S/C26H25FN6O3/c1-4-19-21(27)8-5-15-9-18(35)10-23(24(15)19)32(2)28-11-20-22(14-34)30-26(36-3)31-25(20)33-12-16-6-7-17(13-33)29-16/h1,5,8-11,14,16-17,29,35H,6-7,12-13H2,2-3H3/b28-11-. The van der Waals surface area contributed by atoms with Crippen molar-refractivity contribution in [3.63, 3.8) is 0 Å². The summed E-state index contributed by atoms with van der Waals surface area (Å²) in [4.78, 5) is 22.9.